The number of piperidine rings is 1. The van der Waals surface area contributed by atoms with Gasteiger partial charge in [0.1, 0.15) is 0 Å². The summed E-state index contributed by atoms with van der Waals surface area (Å²) in [7, 11) is 1.67. The van der Waals surface area contributed by atoms with Gasteiger partial charge in [0.2, 0.25) is 5.91 Å². The van der Waals surface area contributed by atoms with Crippen LogP contribution in [0.5, 0.6) is 0 Å². The maximum absolute atomic E-state index is 13.9. The Labute approximate surface area is 232 Å². The SMILES string of the molecule is CCC.CCC(C)(CO)C(=O)N(CCCCOC)c1cc(C(=O)N(C(C)C)C2CCCNC2)c(C)cc1C. The van der Waals surface area contributed by atoms with Crippen LogP contribution >= 0.6 is 0 Å². The molecule has 2 rings (SSSR count). The van der Waals surface area contributed by atoms with Crippen molar-refractivity contribution in [2.24, 2.45) is 5.41 Å². The molecule has 0 bridgehead atoms. The lowest BCUT2D eigenvalue weighted by Gasteiger charge is -2.38. The Morgan fingerprint density at radius 1 is 1.16 bits per heavy atom. The highest BCUT2D eigenvalue weighted by atomic mass is 16.5. The molecule has 7 heteroatoms. The summed E-state index contributed by atoms with van der Waals surface area (Å²) in [6, 6.07) is 4.14. The van der Waals surface area contributed by atoms with Crippen LogP contribution in [0.25, 0.3) is 0 Å². The van der Waals surface area contributed by atoms with Gasteiger partial charge in [0.05, 0.1) is 12.0 Å². The number of anilines is 1. The molecule has 0 saturated carbocycles. The number of carbonyl (C=O) groups is 2. The van der Waals surface area contributed by atoms with E-state index >= 15 is 0 Å². The number of carbonyl (C=O) groups excluding carboxylic acids is 2. The summed E-state index contributed by atoms with van der Waals surface area (Å²) >= 11 is 0. The van der Waals surface area contributed by atoms with Crippen LogP contribution in [0.1, 0.15) is 102 Å². The summed E-state index contributed by atoms with van der Waals surface area (Å²) in [6.45, 7) is 18.8. The first kappa shape index (κ1) is 34.1. The van der Waals surface area contributed by atoms with Crippen molar-refractivity contribution in [1.29, 1.82) is 0 Å². The zero-order valence-electron chi connectivity index (χ0n) is 25.7. The second-order valence-corrected chi connectivity index (χ2v) is 11.2. The van der Waals surface area contributed by atoms with Gasteiger partial charge in [-0.1, -0.05) is 33.3 Å². The quantitative estimate of drug-likeness (QED) is 0.347. The van der Waals surface area contributed by atoms with Gasteiger partial charge in [-0.3, -0.25) is 9.59 Å². The maximum Gasteiger partial charge on any atom is 0.254 e. The third-order valence-corrected chi connectivity index (χ3v) is 7.39. The highest BCUT2D eigenvalue weighted by Gasteiger charge is 2.36. The first-order valence-electron chi connectivity index (χ1n) is 14.6. The van der Waals surface area contributed by atoms with Gasteiger partial charge in [-0.25, -0.2) is 0 Å². The molecule has 0 radical (unpaired) electrons. The van der Waals surface area contributed by atoms with Gasteiger partial charge in [-0.15, -0.1) is 0 Å². The van der Waals surface area contributed by atoms with Crippen LogP contribution in [0, 0.1) is 19.3 Å². The summed E-state index contributed by atoms with van der Waals surface area (Å²) in [6.07, 6.45) is 5.43. The summed E-state index contributed by atoms with van der Waals surface area (Å²) in [5.41, 5.74) is 2.38. The fourth-order valence-electron chi connectivity index (χ4n) is 4.90. The number of unbranched alkanes of at least 4 members (excludes halogenated alkanes) is 1. The number of rotatable bonds is 12. The Kier molecular flexibility index (Phi) is 15.1. The predicted molar refractivity (Wildman–Crippen MR) is 158 cm³/mol. The third kappa shape index (κ3) is 9.06. The standard InChI is InChI=1S/C28H47N3O4.C3H8/c1-8-28(6,19-32)27(34)30(14-9-10-15-35-7)25-17-24(21(4)16-22(25)5)26(33)31(20(2)3)23-12-11-13-29-18-23;1-3-2/h16-17,20,23,29,32H,8-15,18-19H2,1-7H3;3H2,1-2H3. The molecule has 1 saturated heterocycles. The molecule has 0 aliphatic carbocycles. The number of aryl methyl sites for hydroxylation is 2. The van der Waals surface area contributed by atoms with E-state index in [0.717, 1.165) is 55.6 Å². The highest BCUT2D eigenvalue weighted by Crippen LogP contribution is 2.32. The molecule has 1 aromatic carbocycles. The Morgan fingerprint density at radius 2 is 1.82 bits per heavy atom. The lowest BCUT2D eigenvalue weighted by molar-refractivity contribution is -0.129. The van der Waals surface area contributed by atoms with Crippen molar-refractivity contribution in [2.45, 2.75) is 106 Å². The molecule has 38 heavy (non-hydrogen) atoms. The van der Waals surface area contributed by atoms with E-state index in [1.165, 1.54) is 6.42 Å². The predicted octanol–water partition coefficient (Wildman–Crippen LogP) is 5.49. The second-order valence-electron chi connectivity index (χ2n) is 11.2. The molecular weight excluding hydrogens is 478 g/mol. The monoisotopic (exact) mass is 533 g/mol. The topological polar surface area (TPSA) is 82.1 Å². The van der Waals surface area contributed by atoms with Gasteiger partial charge >= 0.3 is 0 Å². The van der Waals surface area contributed by atoms with E-state index in [0.29, 0.717) is 25.1 Å². The summed E-state index contributed by atoms with van der Waals surface area (Å²) in [4.78, 5) is 31.4. The number of aliphatic hydroxyl groups excluding tert-OH is 1. The molecule has 1 fully saturated rings. The van der Waals surface area contributed by atoms with E-state index in [2.05, 4.69) is 33.0 Å². The minimum atomic E-state index is -0.875. The van der Waals surface area contributed by atoms with Crippen LogP contribution in [0.4, 0.5) is 5.69 Å². The summed E-state index contributed by atoms with van der Waals surface area (Å²) < 4.78 is 5.20. The van der Waals surface area contributed by atoms with Crippen LogP contribution in [-0.2, 0) is 9.53 Å². The van der Waals surface area contributed by atoms with Crippen LogP contribution < -0.4 is 10.2 Å². The number of methoxy groups -OCH3 is 1. The van der Waals surface area contributed by atoms with E-state index in [9.17, 15) is 14.7 Å². The molecule has 1 heterocycles. The van der Waals surface area contributed by atoms with Gasteiger partial charge in [0.25, 0.3) is 5.91 Å². The largest absolute Gasteiger partial charge is 0.395 e. The van der Waals surface area contributed by atoms with E-state index in [-0.39, 0.29) is 30.5 Å². The zero-order chi connectivity index (χ0) is 28.9. The maximum atomic E-state index is 13.9. The smallest absolute Gasteiger partial charge is 0.254 e. The minimum absolute atomic E-state index is 0.0136. The number of hydrogen-bond acceptors (Lipinski definition) is 5. The van der Waals surface area contributed by atoms with E-state index in [1.807, 2.05) is 44.7 Å². The molecule has 1 aliphatic rings. The first-order valence-corrected chi connectivity index (χ1v) is 14.6. The van der Waals surface area contributed by atoms with Crippen LogP contribution in [0.15, 0.2) is 12.1 Å². The molecule has 218 valence electrons. The van der Waals surface area contributed by atoms with Crippen molar-refractivity contribution in [3.63, 3.8) is 0 Å². The van der Waals surface area contributed by atoms with Crippen molar-refractivity contribution >= 4 is 17.5 Å². The highest BCUT2D eigenvalue weighted by molar-refractivity contribution is 6.01. The minimum Gasteiger partial charge on any atom is -0.395 e. The van der Waals surface area contributed by atoms with Crippen LogP contribution in [0.2, 0.25) is 0 Å². The zero-order valence-corrected chi connectivity index (χ0v) is 25.7. The van der Waals surface area contributed by atoms with Crippen molar-refractivity contribution in [1.82, 2.24) is 10.2 Å². The number of aliphatic hydroxyl groups is 1. The van der Waals surface area contributed by atoms with Gasteiger partial charge in [-0.2, -0.15) is 0 Å². The molecule has 7 nitrogen and oxygen atoms in total. The van der Waals surface area contributed by atoms with Crippen molar-refractivity contribution in [2.75, 3.05) is 44.9 Å². The third-order valence-electron chi connectivity index (χ3n) is 7.39. The number of nitrogens with one attached hydrogen (secondary N) is 1. The van der Waals surface area contributed by atoms with Crippen LogP contribution in [0.3, 0.4) is 0 Å². The fraction of sp³-hybridized carbons (Fsp3) is 0.742. The van der Waals surface area contributed by atoms with Gasteiger partial charge in [0, 0.05) is 50.1 Å². The lowest BCUT2D eigenvalue weighted by Crippen LogP contribution is -2.51. The van der Waals surface area contributed by atoms with Crippen LogP contribution in [-0.4, -0.2) is 73.9 Å². The average molecular weight is 534 g/mol. The Morgan fingerprint density at radius 3 is 2.32 bits per heavy atom. The van der Waals surface area contributed by atoms with E-state index in [1.54, 1.807) is 12.0 Å². The van der Waals surface area contributed by atoms with Gasteiger partial charge in [-0.05, 0) is 90.5 Å². The lowest BCUT2D eigenvalue weighted by atomic mass is 9.86. The molecule has 0 spiro atoms. The summed E-state index contributed by atoms with van der Waals surface area (Å²) in [5.74, 6) is -0.0953. The normalized spacial score (nSPS) is 16.9. The van der Waals surface area contributed by atoms with E-state index < -0.39 is 5.41 Å². The van der Waals surface area contributed by atoms with Gasteiger partial charge in [0.15, 0.2) is 0 Å². The van der Waals surface area contributed by atoms with E-state index in [4.69, 9.17) is 4.74 Å². The first-order chi connectivity index (χ1) is 18.0. The molecule has 2 unspecified atom stereocenters. The number of hydrogen-bond donors (Lipinski definition) is 2. The van der Waals surface area contributed by atoms with Crippen molar-refractivity contribution in [3.8, 4) is 0 Å². The molecule has 2 N–H and O–H groups in total. The molecule has 2 atom stereocenters. The molecule has 2 amide bonds. The summed E-state index contributed by atoms with van der Waals surface area (Å²) in [5, 5.41) is 13.5. The number of ether oxygens (including phenoxy) is 1. The average Bonchev–Trinajstić information content (AvgIpc) is 2.89. The van der Waals surface area contributed by atoms with Crippen molar-refractivity contribution in [3.05, 3.63) is 28.8 Å². The fourth-order valence-corrected chi connectivity index (χ4v) is 4.90. The number of benzene rings is 1. The molecule has 0 aromatic heterocycles. The Bertz CT molecular complexity index is 861. The molecule has 1 aromatic rings. The second kappa shape index (κ2) is 16.9. The Balaban J connectivity index is 0.00000229. The Hall–Kier alpha value is -1.96. The number of nitrogens with zero attached hydrogens (tertiary/aromatic N) is 2. The van der Waals surface area contributed by atoms with Gasteiger partial charge < -0.3 is 25.0 Å². The molecular formula is C31H55N3O4. The molecule has 1 aliphatic heterocycles. The van der Waals surface area contributed by atoms with Crippen molar-refractivity contribution < 1.29 is 19.4 Å². The number of amides is 2.